The fraction of sp³-hybridized carbons (Fsp3) is 0.412. The second-order valence-corrected chi connectivity index (χ2v) is 6.36. The molecular weight excluding hydrogens is 401 g/mol. The minimum Gasteiger partial charge on any atom is -0.352 e. The number of aromatic nitrogens is 2. The normalized spacial score (nSPS) is 11.7. The molecular formula is C17H26IN5. The van der Waals surface area contributed by atoms with Crippen molar-refractivity contribution in [3.63, 3.8) is 0 Å². The molecule has 0 aliphatic rings. The largest absolute Gasteiger partial charge is 0.352 e. The lowest BCUT2D eigenvalue weighted by atomic mass is 10.1. The first-order valence-electron chi connectivity index (χ1n) is 7.49. The van der Waals surface area contributed by atoms with Crippen LogP contribution in [0.25, 0.3) is 0 Å². The van der Waals surface area contributed by atoms with E-state index in [1.165, 1.54) is 11.1 Å². The number of hydrogen-bond acceptors (Lipinski definition) is 2. The van der Waals surface area contributed by atoms with Crippen molar-refractivity contribution in [2.24, 2.45) is 4.99 Å². The van der Waals surface area contributed by atoms with Crippen molar-refractivity contribution in [2.75, 3.05) is 7.05 Å². The van der Waals surface area contributed by atoms with Crippen LogP contribution in [-0.2, 0) is 13.1 Å². The van der Waals surface area contributed by atoms with E-state index in [9.17, 15) is 0 Å². The van der Waals surface area contributed by atoms with E-state index in [4.69, 9.17) is 0 Å². The number of nitrogens with zero attached hydrogens (tertiary/aromatic N) is 3. The number of rotatable bonds is 4. The molecule has 0 fully saturated rings. The number of imidazole rings is 1. The maximum atomic E-state index is 4.25. The van der Waals surface area contributed by atoms with Crippen molar-refractivity contribution in [3.05, 3.63) is 54.1 Å². The number of aliphatic imine (C=N–C) groups is 1. The summed E-state index contributed by atoms with van der Waals surface area (Å²) in [5.41, 5.74) is 2.48. The van der Waals surface area contributed by atoms with Gasteiger partial charge in [-0.25, -0.2) is 4.98 Å². The lowest BCUT2D eigenvalue weighted by molar-refractivity contribution is 0.501. The summed E-state index contributed by atoms with van der Waals surface area (Å²) in [6.45, 7) is 7.93. The molecule has 5 nitrogen and oxygen atoms in total. The van der Waals surface area contributed by atoms with E-state index in [2.05, 4.69) is 70.2 Å². The molecule has 0 amide bonds. The molecule has 0 aliphatic heterocycles. The van der Waals surface area contributed by atoms with E-state index < -0.39 is 0 Å². The Morgan fingerprint density at radius 3 is 2.61 bits per heavy atom. The third-order valence-electron chi connectivity index (χ3n) is 3.09. The van der Waals surface area contributed by atoms with Gasteiger partial charge in [-0.2, -0.15) is 0 Å². The monoisotopic (exact) mass is 427 g/mol. The number of hydrogen-bond donors (Lipinski definition) is 2. The van der Waals surface area contributed by atoms with Crippen LogP contribution in [0, 0.1) is 0 Å². The zero-order chi connectivity index (χ0) is 16.0. The third-order valence-corrected chi connectivity index (χ3v) is 3.09. The summed E-state index contributed by atoms with van der Waals surface area (Å²) >= 11 is 0. The number of benzene rings is 1. The number of guanidine groups is 1. The van der Waals surface area contributed by atoms with Gasteiger partial charge in [0, 0.05) is 38.1 Å². The second-order valence-electron chi connectivity index (χ2n) is 6.36. The second kappa shape index (κ2) is 8.90. The van der Waals surface area contributed by atoms with Crippen LogP contribution in [0.3, 0.4) is 0 Å². The molecule has 0 bridgehead atoms. The minimum absolute atomic E-state index is 0. The molecule has 2 N–H and O–H groups in total. The first-order chi connectivity index (χ1) is 10.5. The molecule has 0 saturated heterocycles. The fourth-order valence-electron chi connectivity index (χ4n) is 2.15. The zero-order valence-corrected chi connectivity index (χ0v) is 16.5. The zero-order valence-electron chi connectivity index (χ0n) is 14.2. The minimum atomic E-state index is -0.00882. The van der Waals surface area contributed by atoms with Gasteiger partial charge in [-0.1, -0.05) is 24.3 Å². The van der Waals surface area contributed by atoms with Gasteiger partial charge in [-0.05, 0) is 31.9 Å². The number of halogens is 1. The van der Waals surface area contributed by atoms with E-state index in [-0.39, 0.29) is 29.5 Å². The molecule has 1 aromatic heterocycles. The van der Waals surface area contributed by atoms with Crippen molar-refractivity contribution in [2.45, 2.75) is 39.4 Å². The number of nitrogens with one attached hydrogen (secondary N) is 2. The standard InChI is InChI=1S/C17H25N5.HI/c1-17(2,3)21-16(18-4)20-11-14-6-5-7-15(10-14)12-22-9-8-19-13-22;/h5-10,13H,11-12H2,1-4H3,(H2,18,20,21);1H. The van der Waals surface area contributed by atoms with Gasteiger partial charge in [0.25, 0.3) is 0 Å². The smallest absolute Gasteiger partial charge is 0.191 e. The molecule has 2 aromatic rings. The van der Waals surface area contributed by atoms with E-state index in [1.54, 1.807) is 13.2 Å². The average molecular weight is 427 g/mol. The van der Waals surface area contributed by atoms with Crippen LogP contribution >= 0.6 is 24.0 Å². The quantitative estimate of drug-likeness (QED) is 0.448. The summed E-state index contributed by atoms with van der Waals surface area (Å²) in [6.07, 6.45) is 5.60. The molecule has 0 atom stereocenters. The maximum absolute atomic E-state index is 4.25. The van der Waals surface area contributed by atoms with E-state index >= 15 is 0 Å². The summed E-state index contributed by atoms with van der Waals surface area (Å²) < 4.78 is 2.06. The van der Waals surface area contributed by atoms with Crippen molar-refractivity contribution < 1.29 is 0 Å². The average Bonchev–Trinajstić information content (AvgIpc) is 2.95. The van der Waals surface area contributed by atoms with Gasteiger partial charge in [-0.15, -0.1) is 24.0 Å². The van der Waals surface area contributed by atoms with Crippen molar-refractivity contribution in [3.8, 4) is 0 Å². The SMILES string of the molecule is CN=C(NCc1cccc(Cn2ccnc2)c1)NC(C)(C)C.I. The Morgan fingerprint density at radius 2 is 2.00 bits per heavy atom. The maximum Gasteiger partial charge on any atom is 0.191 e. The molecule has 0 radical (unpaired) electrons. The molecule has 6 heteroatoms. The molecule has 0 aliphatic carbocycles. The van der Waals surface area contributed by atoms with Gasteiger partial charge in [0.15, 0.2) is 5.96 Å². The van der Waals surface area contributed by atoms with Gasteiger partial charge in [0.1, 0.15) is 0 Å². The fourth-order valence-corrected chi connectivity index (χ4v) is 2.15. The predicted molar refractivity (Wildman–Crippen MR) is 106 cm³/mol. The van der Waals surface area contributed by atoms with Gasteiger partial charge < -0.3 is 15.2 Å². The molecule has 126 valence electrons. The molecule has 0 saturated carbocycles. The van der Waals surface area contributed by atoms with Gasteiger partial charge in [0.05, 0.1) is 6.33 Å². The highest BCUT2D eigenvalue weighted by molar-refractivity contribution is 14.0. The molecule has 23 heavy (non-hydrogen) atoms. The van der Waals surface area contributed by atoms with E-state index in [0.29, 0.717) is 0 Å². The van der Waals surface area contributed by atoms with Crippen LogP contribution in [0.1, 0.15) is 31.9 Å². The lowest BCUT2D eigenvalue weighted by Crippen LogP contribution is -2.47. The van der Waals surface area contributed by atoms with Crippen LogP contribution in [0.5, 0.6) is 0 Å². The Hall–Kier alpha value is -1.57. The van der Waals surface area contributed by atoms with E-state index in [0.717, 1.165) is 19.0 Å². The molecule has 1 aromatic carbocycles. The van der Waals surface area contributed by atoms with Crippen LogP contribution in [0.15, 0.2) is 48.0 Å². The summed E-state index contributed by atoms with van der Waals surface area (Å²) in [5, 5.41) is 6.70. The molecule has 0 spiro atoms. The van der Waals surface area contributed by atoms with Crippen LogP contribution in [0.2, 0.25) is 0 Å². The van der Waals surface area contributed by atoms with Crippen molar-refractivity contribution >= 4 is 29.9 Å². The van der Waals surface area contributed by atoms with Crippen molar-refractivity contribution in [1.29, 1.82) is 0 Å². The highest BCUT2D eigenvalue weighted by Gasteiger charge is 2.11. The third kappa shape index (κ3) is 7.02. The van der Waals surface area contributed by atoms with Crippen LogP contribution < -0.4 is 10.6 Å². The van der Waals surface area contributed by atoms with Gasteiger partial charge >= 0.3 is 0 Å². The first-order valence-corrected chi connectivity index (χ1v) is 7.49. The summed E-state index contributed by atoms with van der Waals surface area (Å²) in [4.78, 5) is 8.33. The first kappa shape index (κ1) is 19.5. The summed E-state index contributed by atoms with van der Waals surface area (Å²) in [5.74, 6) is 0.813. The van der Waals surface area contributed by atoms with Gasteiger partial charge in [-0.3, -0.25) is 4.99 Å². The molecule has 1 heterocycles. The van der Waals surface area contributed by atoms with Gasteiger partial charge in [0.2, 0.25) is 0 Å². The van der Waals surface area contributed by atoms with Crippen LogP contribution in [0.4, 0.5) is 0 Å². The summed E-state index contributed by atoms with van der Waals surface area (Å²) in [6, 6.07) is 8.54. The highest BCUT2D eigenvalue weighted by Crippen LogP contribution is 2.07. The molecule has 2 rings (SSSR count). The summed E-state index contributed by atoms with van der Waals surface area (Å²) in [7, 11) is 1.79. The van der Waals surface area contributed by atoms with Crippen LogP contribution in [-0.4, -0.2) is 28.1 Å². The Balaban J connectivity index is 0.00000264. The topological polar surface area (TPSA) is 54.2 Å². The highest BCUT2D eigenvalue weighted by atomic mass is 127. The molecule has 0 unspecified atom stereocenters. The Bertz CT molecular complexity index is 614. The predicted octanol–water partition coefficient (Wildman–Crippen LogP) is 3.01. The Morgan fingerprint density at radius 1 is 1.26 bits per heavy atom. The Labute approximate surface area is 155 Å². The van der Waals surface area contributed by atoms with E-state index in [1.807, 2.05) is 12.5 Å². The lowest BCUT2D eigenvalue weighted by Gasteiger charge is -2.23. The Kier molecular flexibility index (Phi) is 7.54. The van der Waals surface area contributed by atoms with Crippen molar-refractivity contribution in [1.82, 2.24) is 20.2 Å².